The minimum absolute atomic E-state index is 0.120. The number of carbonyl (C=O) groups excluding carboxylic acids is 1. The number of aldehydes is 1. The van der Waals surface area contributed by atoms with E-state index in [2.05, 4.69) is 15.3 Å². The smallest absolute Gasteiger partial charge is 0.422 e. The van der Waals surface area contributed by atoms with Crippen LogP contribution in [0.3, 0.4) is 0 Å². The molecule has 1 aliphatic rings. The summed E-state index contributed by atoms with van der Waals surface area (Å²) in [6.45, 7) is 2.17. The molecule has 0 spiro atoms. The van der Waals surface area contributed by atoms with Gasteiger partial charge in [-0.3, -0.25) is 4.90 Å². The van der Waals surface area contributed by atoms with Crippen molar-refractivity contribution in [1.29, 1.82) is 0 Å². The minimum atomic E-state index is -1.07. The number of hydrogen-bond donors (Lipinski definition) is 2. The van der Waals surface area contributed by atoms with E-state index in [0.29, 0.717) is 23.2 Å². The summed E-state index contributed by atoms with van der Waals surface area (Å²) >= 11 is 5.92. The number of halogens is 1. The van der Waals surface area contributed by atoms with Crippen molar-refractivity contribution in [3.05, 3.63) is 41.4 Å². The number of rotatable bonds is 8. The zero-order valence-corrected chi connectivity index (χ0v) is 17.0. The molecule has 8 nitrogen and oxygen atoms in total. The van der Waals surface area contributed by atoms with Crippen LogP contribution < -0.4 is 5.43 Å². The molecule has 2 heterocycles. The Hall–Kier alpha value is -2.42. The van der Waals surface area contributed by atoms with Gasteiger partial charge in [-0.2, -0.15) is 0 Å². The van der Waals surface area contributed by atoms with E-state index in [9.17, 15) is 14.7 Å². The van der Waals surface area contributed by atoms with Crippen LogP contribution in [0.4, 0.5) is 4.79 Å². The third-order valence-corrected chi connectivity index (χ3v) is 5.59. The third kappa shape index (κ3) is 5.35. The van der Waals surface area contributed by atoms with E-state index in [1.165, 1.54) is 0 Å². The standard InChI is InChI=1S/C20H25ClN4O4/c1-22-25(20(27)28)17(8-11-26)14-6-9-24(10-7-14)13-19-23-12-18(29-19)15-2-4-16(21)5-3-15/h2-5,11-12,14,17,22H,6-10,13H2,1H3,(H,27,28). The van der Waals surface area contributed by atoms with Gasteiger partial charge in [0.2, 0.25) is 5.89 Å². The molecule has 1 fully saturated rings. The molecule has 29 heavy (non-hydrogen) atoms. The number of carboxylic acid groups (broad SMARTS) is 1. The predicted octanol–water partition coefficient (Wildman–Crippen LogP) is 3.28. The van der Waals surface area contributed by atoms with Crippen molar-refractivity contribution in [2.24, 2.45) is 5.92 Å². The fourth-order valence-corrected chi connectivity index (χ4v) is 3.95. The molecule has 1 atom stereocenters. The maximum Gasteiger partial charge on any atom is 0.422 e. The summed E-state index contributed by atoms with van der Waals surface area (Å²) in [7, 11) is 1.56. The van der Waals surface area contributed by atoms with Crippen LogP contribution in [0, 0.1) is 5.92 Å². The normalized spacial score (nSPS) is 16.5. The van der Waals surface area contributed by atoms with Gasteiger partial charge in [0.1, 0.15) is 6.29 Å². The maximum absolute atomic E-state index is 11.4. The van der Waals surface area contributed by atoms with Gasteiger partial charge in [0.15, 0.2) is 5.76 Å². The molecule has 1 aromatic carbocycles. The Morgan fingerprint density at radius 3 is 2.69 bits per heavy atom. The van der Waals surface area contributed by atoms with Crippen molar-refractivity contribution in [2.75, 3.05) is 20.1 Å². The Balaban J connectivity index is 1.57. The SMILES string of the molecule is CNN(C(=O)O)C(CC=O)C1CCN(Cc2ncc(-c3ccc(Cl)cc3)o2)CC1. The molecule has 1 amide bonds. The largest absolute Gasteiger partial charge is 0.464 e. The van der Waals surface area contributed by atoms with Gasteiger partial charge in [0.25, 0.3) is 0 Å². The molecule has 156 valence electrons. The highest BCUT2D eigenvalue weighted by Crippen LogP contribution is 2.27. The van der Waals surface area contributed by atoms with E-state index >= 15 is 0 Å². The zero-order chi connectivity index (χ0) is 20.8. The Labute approximate surface area is 174 Å². The maximum atomic E-state index is 11.4. The summed E-state index contributed by atoms with van der Waals surface area (Å²) in [5.74, 6) is 1.46. The number of nitrogens with one attached hydrogen (secondary N) is 1. The number of hydrogen-bond acceptors (Lipinski definition) is 6. The van der Waals surface area contributed by atoms with Gasteiger partial charge in [0, 0.05) is 24.1 Å². The summed E-state index contributed by atoms with van der Waals surface area (Å²) in [6, 6.07) is 7.04. The number of piperidine rings is 1. The summed E-state index contributed by atoms with van der Waals surface area (Å²) in [5.41, 5.74) is 3.61. The summed E-state index contributed by atoms with van der Waals surface area (Å²) < 4.78 is 5.87. The second-order valence-corrected chi connectivity index (χ2v) is 7.52. The molecule has 1 unspecified atom stereocenters. The Morgan fingerprint density at radius 1 is 1.41 bits per heavy atom. The van der Waals surface area contributed by atoms with Gasteiger partial charge in [-0.05, 0) is 56.1 Å². The lowest BCUT2D eigenvalue weighted by molar-refractivity contribution is -0.109. The van der Waals surface area contributed by atoms with Crippen LogP contribution in [0.5, 0.6) is 0 Å². The van der Waals surface area contributed by atoms with Crippen LogP contribution in [0.15, 0.2) is 34.9 Å². The fraction of sp³-hybridized carbons (Fsp3) is 0.450. The number of likely N-dealkylation sites (tertiary alicyclic amines) is 1. The quantitative estimate of drug-likeness (QED) is 0.499. The van der Waals surface area contributed by atoms with Crippen LogP contribution in [-0.4, -0.2) is 58.6 Å². The first-order chi connectivity index (χ1) is 14.0. The monoisotopic (exact) mass is 420 g/mol. The minimum Gasteiger partial charge on any atom is -0.464 e. The van der Waals surface area contributed by atoms with Crippen molar-refractivity contribution in [3.8, 4) is 11.3 Å². The van der Waals surface area contributed by atoms with Crippen molar-refractivity contribution in [2.45, 2.75) is 31.8 Å². The van der Waals surface area contributed by atoms with Crippen LogP contribution >= 0.6 is 11.6 Å². The first kappa shape index (κ1) is 21.3. The molecule has 0 aliphatic carbocycles. The lowest BCUT2D eigenvalue weighted by atomic mass is 9.87. The third-order valence-electron chi connectivity index (χ3n) is 5.33. The van der Waals surface area contributed by atoms with Crippen LogP contribution in [0.1, 0.15) is 25.2 Å². The highest BCUT2D eigenvalue weighted by molar-refractivity contribution is 6.30. The summed E-state index contributed by atoms with van der Waals surface area (Å²) in [5, 5.41) is 11.2. The lowest BCUT2D eigenvalue weighted by Gasteiger charge is -2.38. The van der Waals surface area contributed by atoms with Crippen LogP contribution in [0.2, 0.25) is 5.02 Å². The highest BCUT2D eigenvalue weighted by Gasteiger charge is 2.33. The molecular weight excluding hydrogens is 396 g/mol. The predicted molar refractivity (Wildman–Crippen MR) is 108 cm³/mol. The molecule has 1 saturated heterocycles. The molecule has 2 aromatic rings. The molecular formula is C20H25ClN4O4. The number of aromatic nitrogens is 1. The highest BCUT2D eigenvalue weighted by atomic mass is 35.5. The number of nitrogens with zero attached hydrogens (tertiary/aromatic N) is 3. The molecule has 0 bridgehead atoms. The summed E-state index contributed by atoms with van der Waals surface area (Å²) in [4.78, 5) is 29.1. The van der Waals surface area contributed by atoms with Crippen molar-refractivity contribution in [3.63, 3.8) is 0 Å². The van der Waals surface area contributed by atoms with Gasteiger partial charge in [-0.1, -0.05) is 11.6 Å². The van der Waals surface area contributed by atoms with Crippen molar-refractivity contribution >= 4 is 24.0 Å². The average molecular weight is 421 g/mol. The topological polar surface area (TPSA) is 98.9 Å². The molecule has 9 heteroatoms. The number of benzene rings is 1. The Morgan fingerprint density at radius 2 is 2.10 bits per heavy atom. The number of hydrazine groups is 1. The number of oxazole rings is 1. The Kier molecular flexibility index (Phi) is 7.24. The number of carbonyl (C=O) groups is 2. The van der Waals surface area contributed by atoms with E-state index in [1.807, 2.05) is 24.3 Å². The van der Waals surface area contributed by atoms with E-state index in [-0.39, 0.29) is 18.4 Å². The summed E-state index contributed by atoms with van der Waals surface area (Å²) in [6.07, 6.45) is 3.21. The lowest BCUT2D eigenvalue weighted by Crippen LogP contribution is -2.52. The van der Waals surface area contributed by atoms with E-state index in [0.717, 1.165) is 42.8 Å². The van der Waals surface area contributed by atoms with Crippen molar-refractivity contribution in [1.82, 2.24) is 20.3 Å². The zero-order valence-electron chi connectivity index (χ0n) is 16.3. The first-order valence-electron chi connectivity index (χ1n) is 9.58. The van der Waals surface area contributed by atoms with Crippen molar-refractivity contribution < 1.29 is 19.1 Å². The second-order valence-electron chi connectivity index (χ2n) is 7.08. The van der Waals surface area contributed by atoms with Crippen LogP contribution in [0.25, 0.3) is 11.3 Å². The van der Waals surface area contributed by atoms with Gasteiger partial charge < -0.3 is 14.3 Å². The average Bonchev–Trinajstić information content (AvgIpc) is 3.17. The Bertz CT molecular complexity index is 818. The van der Waals surface area contributed by atoms with E-state index in [4.69, 9.17) is 16.0 Å². The van der Waals surface area contributed by atoms with Crippen LogP contribution in [-0.2, 0) is 11.3 Å². The molecule has 1 aliphatic heterocycles. The molecule has 3 rings (SSSR count). The second kappa shape index (κ2) is 9.87. The van der Waals surface area contributed by atoms with Gasteiger partial charge >= 0.3 is 6.09 Å². The molecule has 2 N–H and O–H groups in total. The number of amides is 1. The van der Waals surface area contributed by atoms with Gasteiger partial charge in [-0.25, -0.2) is 20.2 Å². The van der Waals surface area contributed by atoms with E-state index in [1.54, 1.807) is 13.2 Å². The molecule has 0 radical (unpaired) electrons. The fourth-order valence-electron chi connectivity index (χ4n) is 3.83. The molecule has 0 saturated carbocycles. The van der Waals surface area contributed by atoms with E-state index < -0.39 is 6.09 Å². The van der Waals surface area contributed by atoms with Gasteiger partial charge in [0.05, 0.1) is 18.8 Å². The first-order valence-corrected chi connectivity index (χ1v) is 9.95. The van der Waals surface area contributed by atoms with Gasteiger partial charge in [-0.15, -0.1) is 0 Å². The molecule has 1 aromatic heterocycles.